The first-order valence-electron chi connectivity index (χ1n) is 8.73. The largest absolute Gasteiger partial charge is 0.392 e. The Bertz CT molecular complexity index is 404. The summed E-state index contributed by atoms with van der Waals surface area (Å²) >= 11 is 0. The molecule has 0 aromatic heterocycles. The third-order valence-corrected chi connectivity index (χ3v) is 3.92. The Labute approximate surface area is 138 Å². The molecule has 1 heteroatoms. The molecule has 0 amide bonds. The van der Waals surface area contributed by atoms with Crippen LogP contribution in [0.25, 0.3) is 0 Å². The molecule has 0 aliphatic heterocycles. The van der Waals surface area contributed by atoms with Crippen LogP contribution in [0.1, 0.15) is 79.6 Å². The maximum Gasteiger partial charge on any atom is 0.0615 e. The van der Waals surface area contributed by atoms with Crippen LogP contribution < -0.4 is 0 Å². The molecule has 0 aliphatic carbocycles. The van der Waals surface area contributed by atoms with Crippen LogP contribution in [0.15, 0.2) is 46.6 Å². The molecule has 126 valence electrons. The summed E-state index contributed by atoms with van der Waals surface area (Å²) in [7, 11) is 0. The molecule has 0 heterocycles. The van der Waals surface area contributed by atoms with E-state index in [0.717, 1.165) is 38.5 Å². The standard InChI is InChI=1S/C21H36O/c1-6-21(16-17-22)15-9-14-20(5)13-8-12-19(4)11-7-10-18(2)3/h10,12,14,16,22H,6-9,11,13,15,17H2,1-5H3. The minimum absolute atomic E-state index is 0.169. The quantitative estimate of drug-likeness (QED) is 0.431. The lowest BCUT2D eigenvalue weighted by atomic mass is 10.0. The summed E-state index contributed by atoms with van der Waals surface area (Å²) in [6.07, 6.45) is 16.9. The SMILES string of the molecule is CCC(=CCO)CCC=C(C)CCC=C(C)CCC=C(C)C. The Morgan fingerprint density at radius 1 is 0.727 bits per heavy atom. The van der Waals surface area contributed by atoms with Crippen molar-refractivity contribution in [3.63, 3.8) is 0 Å². The molecule has 0 aromatic rings. The van der Waals surface area contributed by atoms with E-state index in [1.807, 2.05) is 6.08 Å². The van der Waals surface area contributed by atoms with Crippen molar-refractivity contribution >= 4 is 0 Å². The van der Waals surface area contributed by atoms with Gasteiger partial charge in [-0.25, -0.2) is 0 Å². The zero-order chi connectivity index (χ0) is 16.8. The molecule has 1 nitrogen and oxygen atoms in total. The predicted octanol–water partition coefficient (Wildman–Crippen LogP) is 6.51. The lowest BCUT2D eigenvalue weighted by molar-refractivity contribution is 0.341. The van der Waals surface area contributed by atoms with Crippen LogP contribution in [0.4, 0.5) is 0 Å². The first-order valence-corrected chi connectivity index (χ1v) is 8.73. The summed E-state index contributed by atoms with van der Waals surface area (Å²) in [5, 5.41) is 8.93. The number of hydrogen-bond acceptors (Lipinski definition) is 1. The fraction of sp³-hybridized carbons (Fsp3) is 0.619. The van der Waals surface area contributed by atoms with E-state index < -0.39 is 0 Å². The summed E-state index contributed by atoms with van der Waals surface area (Å²) in [6.45, 7) is 11.1. The van der Waals surface area contributed by atoms with Crippen LogP contribution in [0.5, 0.6) is 0 Å². The second kappa shape index (κ2) is 13.6. The average molecular weight is 305 g/mol. The molecule has 0 fully saturated rings. The Morgan fingerprint density at radius 2 is 1.23 bits per heavy atom. The highest BCUT2D eigenvalue weighted by Crippen LogP contribution is 2.14. The highest BCUT2D eigenvalue weighted by molar-refractivity contribution is 5.07. The van der Waals surface area contributed by atoms with E-state index in [2.05, 4.69) is 52.8 Å². The molecule has 0 saturated heterocycles. The lowest BCUT2D eigenvalue weighted by Gasteiger charge is -2.04. The highest BCUT2D eigenvalue weighted by atomic mass is 16.2. The van der Waals surface area contributed by atoms with E-state index >= 15 is 0 Å². The van der Waals surface area contributed by atoms with Crippen molar-refractivity contribution in [1.82, 2.24) is 0 Å². The molecule has 0 rings (SSSR count). The Morgan fingerprint density at radius 3 is 1.68 bits per heavy atom. The predicted molar refractivity (Wildman–Crippen MR) is 100 cm³/mol. The van der Waals surface area contributed by atoms with E-state index in [1.54, 1.807) is 0 Å². The molecule has 0 unspecified atom stereocenters. The summed E-state index contributed by atoms with van der Waals surface area (Å²) < 4.78 is 0. The second-order valence-electron chi connectivity index (χ2n) is 6.40. The zero-order valence-electron chi connectivity index (χ0n) is 15.4. The van der Waals surface area contributed by atoms with Crippen molar-refractivity contribution in [1.29, 1.82) is 0 Å². The first-order chi connectivity index (χ1) is 10.5. The van der Waals surface area contributed by atoms with E-state index in [0.29, 0.717) is 0 Å². The molecular weight excluding hydrogens is 268 g/mol. The van der Waals surface area contributed by atoms with Gasteiger partial charge < -0.3 is 5.11 Å². The number of aliphatic hydroxyl groups excluding tert-OH is 1. The Kier molecular flexibility index (Phi) is 12.9. The third kappa shape index (κ3) is 12.6. The lowest BCUT2D eigenvalue weighted by Crippen LogP contribution is -1.85. The van der Waals surface area contributed by atoms with Crippen LogP contribution in [-0.2, 0) is 0 Å². The molecule has 0 saturated carbocycles. The van der Waals surface area contributed by atoms with E-state index in [4.69, 9.17) is 5.11 Å². The van der Waals surface area contributed by atoms with Gasteiger partial charge in [-0.2, -0.15) is 0 Å². The van der Waals surface area contributed by atoms with Gasteiger partial charge in [0.25, 0.3) is 0 Å². The van der Waals surface area contributed by atoms with Crippen molar-refractivity contribution in [2.45, 2.75) is 79.6 Å². The van der Waals surface area contributed by atoms with Crippen molar-refractivity contribution in [3.8, 4) is 0 Å². The molecule has 0 atom stereocenters. The van der Waals surface area contributed by atoms with Gasteiger partial charge >= 0.3 is 0 Å². The number of aliphatic hydroxyl groups is 1. The van der Waals surface area contributed by atoms with Gasteiger partial charge in [0.05, 0.1) is 6.61 Å². The van der Waals surface area contributed by atoms with Gasteiger partial charge in [0, 0.05) is 0 Å². The van der Waals surface area contributed by atoms with Gasteiger partial charge in [0.15, 0.2) is 0 Å². The van der Waals surface area contributed by atoms with Crippen LogP contribution >= 0.6 is 0 Å². The van der Waals surface area contributed by atoms with Crippen LogP contribution in [0.3, 0.4) is 0 Å². The van der Waals surface area contributed by atoms with Crippen LogP contribution in [0, 0.1) is 0 Å². The Balaban J connectivity index is 4.01. The number of allylic oxidation sites excluding steroid dienone is 7. The first kappa shape index (κ1) is 20.9. The van der Waals surface area contributed by atoms with Gasteiger partial charge in [-0.3, -0.25) is 0 Å². The van der Waals surface area contributed by atoms with E-state index in [9.17, 15) is 0 Å². The summed E-state index contributed by atoms with van der Waals surface area (Å²) in [6, 6.07) is 0. The molecule has 1 N–H and O–H groups in total. The molecule has 0 spiro atoms. The van der Waals surface area contributed by atoms with E-state index in [-0.39, 0.29) is 6.61 Å². The molecule has 0 aromatic carbocycles. The minimum atomic E-state index is 0.169. The maximum atomic E-state index is 8.93. The smallest absolute Gasteiger partial charge is 0.0615 e. The third-order valence-electron chi connectivity index (χ3n) is 3.92. The van der Waals surface area contributed by atoms with Crippen molar-refractivity contribution in [2.75, 3.05) is 6.61 Å². The molecule has 22 heavy (non-hydrogen) atoms. The topological polar surface area (TPSA) is 20.2 Å². The zero-order valence-corrected chi connectivity index (χ0v) is 15.4. The fourth-order valence-electron chi connectivity index (χ4n) is 2.40. The monoisotopic (exact) mass is 304 g/mol. The summed E-state index contributed by atoms with van der Waals surface area (Å²) in [5.41, 5.74) is 5.76. The second-order valence-corrected chi connectivity index (χ2v) is 6.40. The summed E-state index contributed by atoms with van der Waals surface area (Å²) in [5.74, 6) is 0. The van der Waals surface area contributed by atoms with Crippen molar-refractivity contribution in [2.24, 2.45) is 0 Å². The van der Waals surface area contributed by atoms with Crippen molar-refractivity contribution in [3.05, 3.63) is 46.6 Å². The van der Waals surface area contributed by atoms with E-state index in [1.165, 1.54) is 28.7 Å². The maximum absolute atomic E-state index is 8.93. The fourth-order valence-corrected chi connectivity index (χ4v) is 2.40. The van der Waals surface area contributed by atoms with Crippen LogP contribution in [0.2, 0.25) is 0 Å². The van der Waals surface area contributed by atoms with Crippen LogP contribution in [-0.4, -0.2) is 11.7 Å². The van der Waals surface area contributed by atoms with Gasteiger partial charge in [0.2, 0.25) is 0 Å². The minimum Gasteiger partial charge on any atom is -0.392 e. The molecule has 0 aliphatic rings. The van der Waals surface area contributed by atoms with Gasteiger partial charge in [-0.15, -0.1) is 0 Å². The number of rotatable bonds is 11. The average Bonchev–Trinajstić information content (AvgIpc) is 2.46. The van der Waals surface area contributed by atoms with Crippen molar-refractivity contribution < 1.29 is 5.11 Å². The molecule has 0 bridgehead atoms. The normalized spacial score (nSPS) is 13.5. The molecule has 0 radical (unpaired) electrons. The Hall–Kier alpha value is -1.08. The number of hydrogen-bond donors (Lipinski definition) is 1. The van der Waals surface area contributed by atoms with Gasteiger partial charge in [-0.05, 0) is 72.6 Å². The molecular formula is C21H36O. The summed E-state index contributed by atoms with van der Waals surface area (Å²) in [4.78, 5) is 0. The van der Waals surface area contributed by atoms with Gasteiger partial charge in [-0.1, -0.05) is 53.5 Å². The van der Waals surface area contributed by atoms with Gasteiger partial charge in [0.1, 0.15) is 0 Å². The highest BCUT2D eigenvalue weighted by Gasteiger charge is 1.95.